The van der Waals surface area contributed by atoms with Gasteiger partial charge in [0, 0.05) is 16.3 Å². The molecule has 220 valence electrons. The van der Waals surface area contributed by atoms with Crippen LogP contribution in [0.2, 0.25) is 0 Å². The van der Waals surface area contributed by atoms with Crippen LogP contribution < -0.4 is 27.3 Å². The van der Waals surface area contributed by atoms with Gasteiger partial charge in [-0.1, -0.05) is 126 Å². The van der Waals surface area contributed by atoms with E-state index in [4.69, 9.17) is 4.42 Å². The summed E-state index contributed by atoms with van der Waals surface area (Å²) in [6.07, 6.45) is 0. The Morgan fingerprint density at radius 2 is 0.854 bits per heavy atom. The van der Waals surface area contributed by atoms with Crippen LogP contribution in [0.15, 0.2) is 132 Å². The largest absolute Gasteiger partial charge is 0.455 e. The molecule has 1 heterocycles. The summed E-state index contributed by atoms with van der Waals surface area (Å²) in [5, 5.41) is 9.85. The summed E-state index contributed by atoms with van der Waals surface area (Å²) in [6, 6.07) is 46.4. The molecule has 8 aromatic carbocycles. The highest BCUT2D eigenvalue weighted by molar-refractivity contribution is 6.69. The summed E-state index contributed by atoms with van der Waals surface area (Å²) >= 11 is 0. The van der Waals surface area contributed by atoms with E-state index in [9.17, 15) is 0 Å². The first kappa shape index (κ1) is 28.9. The maximum atomic E-state index is 6.69. The van der Waals surface area contributed by atoms with Crippen LogP contribution in [0.4, 0.5) is 0 Å². The van der Waals surface area contributed by atoms with Crippen molar-refractivity contribution in [3.63, 3.8) is 0 Å². The Balaban J connectivity index is 1.33. The molecule has 48 heavy (non-hydrogen) atoms. The summed E-state index contributed by atoms with van der Waals surface area (Å²) < 4.78 is 6.69. The lowest BCUT2D eigenvalue weighted by Gasteiger charge is -2.24. The van der Waals surface area contributed by atoms with Gasteiger partial charge in [-0.25, -0.2) is 0 Å². The van der Waals surface area contributed by atoms with Crippen LogP contribution in [0.25, 0.3) is 87.6 Å². The molecule has 6 heteroatoms. The van der Waals surface area contributed by atoms with E-state index < -0.39 is 0 Å². The lowest BCUT2D eigenvalue weighted by molar-refractivity contribution is 0.670. The molecule has 0 fully saturated rings. The van der Waals surface area contributed by atoms with E-state index in [1.165, 1.54) is 87.4 Å². The number of hydrogen-bond acceptors (Lipinski definition) is 1. The molecule has 1 nitrogen and oxygen atoms in total. The molecule has 0 aliphatic rings. The maximum absolute atomic E-state index is 6.69. The van der Waals surface area contributed by atoms with Gasteiger partial charge in [0.2, 0.25) is 0 Å². The highest BCUT2D eigenvalue weighted by Gasteiger charge is 2.22. The van der Waals surface area contributed by atoms with Crippen LogP contribution in [0.1, 0.15) is 0 Å². The predicted octanol–water partition coefficient (Wildman–Crippen LogP) is 3.34. The monoisotopic (exact) mass is 606 g/mol. The number of furan rings is 1. The van der Waals surface area contributed by atoms with Gasteiger partial charge in [-0.2, -0.15) is 0 Å². The zero-order valence-corrected chi connectivity index (χ0v) is 28.0. The lowest BCUT2D eigenvalue weighted by atomic mass is 9.59. The molecule has 1 aromatic heterocycles. The van der Waals surface area contributed by atoms with Gasteiger partial charge >= 0.3 is 0 Å². The zero-order chi connectivity index (χ0) is 32.7. The summed E-state index contributed by atoms with van der Waals surface area (Å²) in [6.45, 7) is 0. The van der Waals surface area contributed by atoms with Crippen molar-refractivity contribution in [3.8, 4) is 33.4 Å². The molecule has 0 saturated heterocycles. The third kappa shape index (κ3) is 4.12. The van der Waals surface area contributed by atoms with Crippen molar-refractivity contribution in [2.45, 2.75) is 0 Å². The van der Waals surface area contributed by atoms with Gasteiger partial charge in [0.15, 0.2) is 0 Å². The Morgan fingerprint density at radius 1 is 0.354 bits per heavy atom. The molecule has 9 rings (SSSR count). The number of benzene rings is 8. The van der Waals surface area contributed by atoms with Crippen LogP contribution in [0.5, 0.6) is 0 Å². The molecule has 0 amide bonds. The summed E-state index contributed by atoms with van der Waals surface area (Å²) in [7, 11) is 11.4. The fourth-order valence-electron chi connectivity index (χ4n) is 8.21. The number of para-hydroxylation sites is 1. The summed E-state index contributed by atoms with van der Waals surface area (Å²) in [5.74, 6) is 0. The van der Waals surface area contributed by atoms with Crippen molar-refractivity contribution in [1.29, 1.82) is 0 Å². The molecule has 0 saturated carbocycles. The van der Waals surface area contributed by atoms with E-state index >= 15 is 0 Å². The quantitative estimate of drug-likeness (QED) is 0.223. The van der Waals surface area contributed by atoms with Gasteiger partial charge in [-0.3, -0.25) is 0 Å². The van der Waals surface area contributed by atoms with E-state index in [0.29, 0.717) is 0 Å². The molecule has 0 N–H and O–H groups in total. The van der Waals surface area contributed by atoms with Gasteiger partial charge < -0.3 is 4.42 Å². The Morgan fingerprint density at radius 3 is 1.52 bits per heavy atom. The molecule has 0 aliphatic carbocycles. The highest BCUT2D eigenvalue weighted by Crippen LogP contribution is 2.45. The molecule has 0 aliphatic heterocycles. The van der Waals surface area contributed by atoms with Crippen molar-refractivity contribution >= 4 is 121 Å². The molecule has 0 unspecified atom stereocenters. The minimum absolute atomic E-state index is 0.906. The van der Waals surface area contributed by atoms with Crippen LogP contribution in [0, 0.1) is 0 Å². The molecule has 0 spiro atoms. The van der Waals surface area contributed by atoms with Gasteiger partial charge in [0.1, 0.15) is 50.4 Å². The molecular formula is C42H31B5O. The highest BCUT2D eigenvalue weighted by atomic mass is 16.3. The van der Waals surface area contributed by atoms with Crippen molar-refractivity contribution in [2.75, 3.05) is 0 Å². The fraction of sp³-hybridized carbons (Fsp3) is 0. The molecule has 0 radical (unpaired) electrons. The smallest absolute Gasteiger partial charge is 0.143 e. The third-order valence-electron chi connectivity index (χ3n) is 11.0. The minimum atomic E-state index is 0.906. The second-order valence-electron chi connectivity index (χ2n) is 13.4. The van der Waals surface area contributed by atoms with Crippen LogP contribution >= 0.6 is 0 Å². The first-order valence-electron chi connectivity index (χ1n) is 16.9. The lowest BCUT2D eigenvalue weighted by Crippen LogP contribution is -2.55. The van der Waals surface area contributed by atoms with E-state index in [1.807, 2.05) is 0 Å². The van der Waals surface area contributed by atoms with Crippen molar-refractivity contribution in [2.24, 2.45) is 0 Å². The Bertz CT molecular complexity index is 2700. The van der Waals surface area contributed by atoms with Gasteiger partial charge in [0.25, 0.3) is 0 Å². The first-order chi connectivity index (χ1) is 23.4. The van der Waals surface area contributed by atoms with Crippen molar-refractivity contribution < 1.29 is 4.42 Å². The fourth-order valence-corrected chi connectivity index (χ4v) is 8.21. The van der Waals surface area contributed by atoms with Crippen LogP contribution in [-0.2, 0) is 0 Å². The second-order valence-corrected chi connectivity index (χ2v) is 13.4. The Hall–Kier alpha value is -5.34. The summed E-state index contributed by atoms with van der Waals surface area (Å²) in [5.41, 5.74) is 16.2. The van der Waals surface area contributed by atoms with E-state index in [0.717, 1.165) is 27.5 Å². The molecule has 9 aromatic rings. The van der Waals surface area contributed by atoms with Gasteiger partial charge in [0.05, 0.1) is 0 Å². The molecular weight excluding hydrogens is 575 g/mol. The molecule has 0 atom stereocenters. The van der Waals surface area contributed by atoms with Crippen LogP contribution in [-0.4, -0.2) is 39.2 Å². The Labute approximate surface area is 285 Å². The average Bonchev–Trinajstić information content (AvgIpc) is 3.51. The number of hydrogen-bond donors (Lipinski definition) is 0. The maximum Gasteiger partial charge on any atom is 0.143 e. The third-order valence-corrected chi connectivity index (χ3v) is 11.0. The summed E-state index contributed by atoms with van der Waals surface area (Å²) in [4.78, 5) is 0. The average molecular weight is 606 g/mol. The van der Waals surface area contributed by atoms with Gasteiger partial charge in [-0.15, -0.1) is 16.4 Å². The van der Waals surface area contributed by atoms with Crippen molar-refractivity contribution in [3.05, 3.63) is 127 Å². The second kappa shape index (κ2) is 10.9. The number of fused-ring (bicyclic) bond motifs is 6. The standard InChI is InChI=1S/C42H31B5O/c43-37-36(38(44)40(46)41(47)39(37)45)35-28-14-5-3-12-26(28)34(27-13-4-6-15-29(27)35)23-19-20-33-32(21-23)31-18-8-17-30(42(31)48-33)25-16-7-10-22-9-1-2-11-24(22)25/h1-21H,43-47H2. The topological polar surface area (TPSA) is 13.1 Å². The first-order valence-corrected chi connectivity index (χ1v) is 16.9. The zero-order valence-electron chi connectivity index (χ0n) is 28.0. The minimum Gasteiger partial charge on any atom is -0.455 e. The normalized spacial score (nSPS) is 11.8. The van der Waals surface area contributed by atoms with E-state index in [2.05, 4.69) is 167 Å². The van der Waals surface area contributed by atoms with Gasteiger partial charge in [-0.05, 0) is 72.3 Å². The SMILES string of the molecule is Bc1c(B)c(B)c(-c2c3ccccc3c(-c3ccc4oc5c(-c6cccc7ccccc67)cccc5c4c3)c3ccccc23)c(B)c1B. The van der Waals surface area contributed by atoms with Crippen LogP contribution in [0.3, 0.4) is 0 Å². The Kier molecular flexibility index (Phi) is 6.53. The number of rotatable bonds is 3. The van der Waals surface area contributed by atoms with E-state index in [-0.39, 0.29) is 0 Å². The molecule has 0 bridgehead atoms. The van der Waals surface area contributed by atoms with E-state index in [1.54, 1.807) is 0 Å². The van der Waals surface area contributed by atoms with Crippen molar-refractivity contribution in [1.82, 2.24) is 0 Å². The predicted molar refractivity (Wildman–Crippen MR) is 223 cm³/mol.